The van der Waals surface area contributed by atoms with Crippen LogP contribution in [0.1, 0.15) is 26.7 Å². The molecule has 1 aromatic heterocycles. The van der Waals surface area contributed by atoms with Gasteiger partial charge in [0.15, 0.2) is 0 Å². The molecule has 0 aliphatic carbocycles. The lowest BCUT2D eigenvalue weighted by molar-refractivity contribution is 1.06. The second-order valence-electron chi connectivity index (χ2n) is 4.52. The Kier molecular flexibility index (Phi) is 4.07. The average molecular weight is 325 g/mol. The van der Waals surface area contributed by atoms with Gasteiger partial charge in [-0.15, -0.1) is 11.3 Å². The van der Waals surface area contributed by atoms with Gasteiger partial charge in [-0.05, 0) is 51.0 Å². The van der Waals surface area contributed by atoms with E-state index in [1.165, 1.54) is 21.7 Å². The Morgan fingerprint density at radius 2 is 1.78 bits per heavy atom. The minimum Gasteiger partial charge on any atom is -0.378 e. The van der Waals surface area contributed by atoms with Crippen LogP contribution in [-0.4, -0.2) is 4.98 Å². The number of hydrogen-bond acceptors (Lipinski definition) is 3. The first-order valence-electron chi connectivity index (χ1n) is 5.91. The number of rotatable bonds is 3. The summed E-state index contributed by atoms with van der Waals surface area (Å²) in [7, 11) is 0. The number of anilines is 1. The number of hydrogen-bond donors (Lipinski definition) is 1. The number of nitrogens with zero attached hydrogens (tertiary/aromatic N) is 1. The van der Waals surface area contributed by atoms with Crippen LogP contribution in [0.3, 0.4) is 0 Å². The van der Waals surface area contributed by atoms with E-state index >= 15 is 0 Å². The fraction of sp³-hybridized carbons (Fsp3) is 0.357. The van der Waals surface area contributed by atoms with Gasteiger partial charge in [0.25, 0.3) is 0 Å². The normalized spacial score (nSPS) is 10.7. The van der Waals surface area contributed by atoms with Gasteiger partial charge in [-0.3, -0.25) is 0 Å². The van der Waals surface area contributed by atoms with E-state index in [2.05, 4.69) is 66.1 Å². The van der Waals surface area contributed by atoms with Gasteiger partial charge in [-0.2, -0.15) is 0 Å². The maximum Gasteiger partial charge on any atom is 0.112 e. The average Bonchev–Trinajstić information content (AvgIpc) is 2.56. The monoisotopic (exact) mass is 324 g/mol. The molecular formula is C14H17BrN2S. The smallest absolute Gasteiger partial charge is 0.112 e. The third-order valence-electron chi connectivity index (χ3n) is 2.99. The van der Waals surface area contributed by atoms with Crippen molar-refractivity contribution in [3.05, 3.63) is 43.3 Å². The van der Waals surface area contributed by atoms with Crippen LogP contribution in [0.25, 0.3) is 0 Å². The van der Waals surface area contributed by atoms with Crippen LogP contribution in [-0.2, 0) is 6.54 Å². The Bertz CT molecular complexity index is 533. The molecule has 0 spiro atoms. The predicted molar refractivity (Wildman–Crippen MR) is 82.5 cm³/mol. The van der Waals surface area contributed by atoms with E-state index in [1.807, 2.05) is 0 Å². The van der Waals surface area contributed by atoms with Crippen molar-refractivity contribution in [2.75, 3.05) is 5.32 Å². The molecule has 0 atom stereocenters. The van der Waals surface area contributed by atoms with E-state index in [4.69, 9.17) is 0 Å². The fourth-order valence-electron chi connectivity index (χ4n) is 1.97. The van der Waals surface area contributed by atoms with Gasteiger partial charge in [0, 0.05) is 15.0 Å². The molecule has 2 nitrogen and oxygen atoms in total. The Morgan fingerprint density at radius 3 is 2.28 bits per heavy atom. The second kappa shape index (κ2) is 5.41. The van der Waals surface area contributed by atoms with Crippen LogP contribution < -0.4 is 5.32 Å². The highest BCUT2D eigenvalue weighted by Gasteiger charge is 2.07. The van der Waals surface area contributed by atoms with Crippen molar-refractivity contribution in [1.82, 2.24) is 4.98 Å². The lowest BCUT2D eigenvalue weighted by atomic mass is 10.1. The molecule has 0 aliphatic rings. The SMILES string of the molecule is Cc1cc(Br)cc(C)c1NCc1nc(C)c(C)s1. The third-order valence-corrected chi connectivity index (χ3v) is 4.52. The zero-order chi connectivity index (χ0) is 13.3. The first-order chi connectivity index (χ1) is 8.47. The minimum atomic E-state index is 0.794. The molecule has 0 aliphatic heterocycles. The first-order valence-corrected chi connectivity index (χ1v) is 7.52. The maximum atomic E-state index is 4.55. The number of thiazole rings is 1. The molecule has 0 bridgehead atoms. The van der Waals surface area contributed by atoms with Crippen LogP contribution in [0.4, 0.5) is 5.69 Å². The Balaban J connectivity index is 2.15. The maximum absolute atomic E-state index is 4.55. The molecule has 1 heterocycles. The number of nitrogens with one attached hydrogen (secondary N) is 1. The van der Waals surface area contributed by atoms with Gasteiger partial charge in [-0.1, -0.05) is 15.9 Å². The molecule has 0 unspecified atom stereocenters. The fourth-order valence-corrected chi connectivity index (χ4v) is 3.53. The summed E-state index contributed by atoms with van der Waals surface area (Å²) in [4.78, 5) is 5.85. The predicted octanol–water partition coefficient (Wildman–Crippen LogP) is 4.75. The van der Waals surface area contributed by atoms with Gasteiger partial charge in [0.2, 0.25) is 0 Å². The highest BCUT2D eigenvalue weighted by molar-refractivity contribution is 9.10. The quantitative estimate of drug-likeness (QED) is 0.881. The van der Waals surface area contributed by atoms with Gasteiger partial charge in [-0.25, -0.2) is 4.98 Å². The summed E-state index contributed by atoms with van der Waals surface area (Å²) in [5, 5.41) is 4.64. The van der Waals surface area contributed by atoms with Gasteiger partial charge in [0.1, 0.15) is 5.01 Å². The van der Waals surface area contributed by atoms with Crippen molar-refractivity contribution in [2.24, 2.45) is 0 Å². The highest BCUT2D eigenvalue weighted by Crippen LogP contribution is 2.26. The van der Waals surface area contributed by atoms with Crippen molar-refractivity contribution in [2.45, 2.75) is 34.2 Å². The van der Waals surface area contributed by atoms with Crippen LogP contribution in [0, 0.1) is 27.7 Å². The number of aryl methyl sites for hydroxylation is 4. The summed E-state index contributed by atoms with van der Waals surface area (Å²) < 4.78 is 1.13. The second-order valence-corrected chi connectivity index (χ2v) is 6.72. The van der Waals surface area contributed by atoms with E-state index < -0.39 is 0 Å². The molecule has 18 heavy (non-hydrogen) atoms. The number of benzene rings is 1. The molecule has 0 radical (unpaired) electrons. The summed E-state index contributed by atoms with van der Waals surface area (Å²) >= 11 is 5.28. The molecule has 1 N–H and O–H groups in total. The minimum absolute atomic E-state index is 0.794. The van der Waals surface area contributed by atoms with E-state index in [0.29, 0.717) is 0 Å². The molecule has 96 valence electrons. The molecule has 0 saturated carbocycles. The molecule has 4 heteroatoms. The number of aromatic nitrogens is 1. The largest absolute Gasteiger partial charge is 0.378 e. The molecule has 1 aromatic carbocycles. The van der Waals surface area contributed by atoms with Crippen molar-refractivity contribution in [1.29, 1.82) is 0 Å². The van der Waals surface area contributed by atoms with Crippen molar-refractivity contribution in [3.8, 4) is 0 Å². The summed E-state index contributed by atoms with van der Waals surface area (Å²) in [6.45, 7) is 9.22. The van der Waals surface area contributed by atoms with E-state index in [1.54, 1.807) is 11.3 Å². The van der Waals surface area contributed by atoms with Crippen LogP contribution in [0.5, 0.6) is 0 Å². The Morgan fingerprint density at radius 1 is 1.17 bits per heavy atom. The summed E-state index contributed by atoms with van der Waals surface area (Å²) in [6, 6.07) is 4.27. The highest BCUT2D eigenvalue weighted by atomic mass is 79.9. The standard InChI is InChI=1S/C14H17BrN2S/c1-8-5-12(15)6-9(2)14(8)16-7-13-17-10(3)11(4)18-13/h5-6,16H,7H2,1-4H3. The molecule has 0 fully saturated rings. The lowest BCUT2D eigenvalue weighted by Crippen LogP contribution is -2.02. The van der Waals surface area contributed by atoms with Crippen LogP contribution >= 0.6 is 27.3 Å². The van der Waals surface area contributed by atoms with Gasteiger partial charge >= 0.3 is 0 Å². The molecule has 2 aromatic rings. The van der Waals surface area contributed by atoms with Crippen molar-refractivity contribution < 1.29 is 0 Å². The summed E-state index contributed by atoms with van der Waals surface area (Å²) in [6.07, 6.45) is 0. The van der Waals surface area contributed by atoms with Gasteiger partial charge in [0.05, 0.1) is 12.2 Å². The van der Waals surface area contributed by atoms with Crippen molar-refractivity contribution in [3.63, 3.8) is 0 Å². The third kappa shape index (κ3) is 2.93. The van der Waals surface area contributed by atoms with E-state index in [0.717, 1.165) is 21.7 Å². The van der Waals surface area contributed by atoms with Gasteiger partial charge < -0.3 is 5.32 Å². The zero-order valence-corrected chi connectivity index (χ0v) is 13.5. The van der Waals surface area contributed by atoms with E-state index in [-0.39, 0.29) is 0 Å². The Labute approximate surface area is 121 Å². The lowest BCUT2D eigenvalue weighted by Gasteiger charge is -2.12. The number of halogens is 1. The van der Waals surface area contributed by atoms with Crippen LogP contribution in [0.2, 0.25) is 0 Å². The molecule has 0 saturated heterocycles. The molecule has 2 rings (SSSR count). The zero-order valence-electron chi connectivity index (χ0n) is 11.1. The Hall–Kier alpha value is -0.870. The van der Waals surface area contributed by atoms with Crippen LogP contribution in [0.15, 0.2) is 16.6 Å². The summed E-state index contributed by atoms with van der Waals surface area (Å²) in [5.41, 5.74) is 4.86. The van der Waals surface area contributed by atoms with E-state index in [9.17, 15) is 0 Å². The van der Waals surface area contributed by atoms with Crippen molar-refractivity contribution >= 4 is 33.0 Å². The topological polar surface area (TPSA) is 24.9 Å². The summed E-state index contributed by atoms with van der Waals surface area (Å²) in [5.74, 6) is 0. The molecule has 0 amide bonds. The molecular weight excluding hydrogens is 308 g/mol. The first kappa shape index (κ1) is 13.6.